The van der Waals surface area contributed by atoms with Gasteiger partial charge in [0.05, 0.1) is 0 Å². The molecule has 112 valence electrons. The van der Waals surface area contributed by atoms with Crippen LogP contribution in [0.15, 0.2) is 35.0 Å². The summed E-state index contributed by atoms with van der Waals surface area (Å²) >= 11 is 8.22. The number of rotatable bonds is 7. The number of halogens is 1. The zero-order chi connectivity index (χ0) is 14.7. The molecule has 0 amide bonds. The summed E-state index contributed by atoms with van der Waals surface area (Å²) in [4.78, 5) is 2.53. The van der Waals surface area contributed by atoms with Crippen molar-refractivity contribution < 1.29 is 0 Å². The van der Waals surface area contributed by atoms with E-state index in [9.17, 15) is 0 Å². The molecule has 0 bridgehead atoms. The van der Waals surface area contributed by atoms with Crippen molar-refractivity contribution in [3.05, 3.63) is 51.2 Å². The summed E-state index contributed by atoms with van der Waals surface area (Å²) in [5.41, 5.74) is 3.90. The van der Waals surface area contributed by atoms with Crippen LogP contribution >= 0.6 is 22.9 Å². The van der Waals surface area contributed by atoms with Crippen LogP contribution in [0.3, 0.4) is 0 Å². The average Bonchev–Trinajstić information content (AvgIpc) is 3.20. The van der Waals surface area contributed by atoms with Crippen LogP contribution in [-0.4, -0.2) is 12.6 Å². The molecule has 3 rings (SSSR count). The molecule has 0 saturated heterocycles. The van der Waals surface area contributed by atoms with Gasteiger partial charge < -0.3 is 10.2 Å². The maximum atomic E-state index is 6.45. The lowest BCUT2D eigenvalue weighted by Gasteiger charge is -2.27. The summed E-state index contributed by atoms with van der Waals surface area (Å²) in [6, 6.07) is 9.16. The average molecular weight is 321 g/mol. The van der Waals surface area contributed by atoms with Gasteiger partial charge in [-0.2, -0.15) is 11.3 Å². The lowest BCUT2D eigenvalue weighted by atomic mass is 10.1. The molecule has 1 heterocycles. The number of anilines is 1. The topological polar surface area (TPSA) is 15.3 Å². The molecule has 2 nitrogen and oxygen atoms in total. The van der Waals surface area contributed by atoms with Crippen LogP contribution in [0.25, 0.3) is 0 Å². The van der Waals surface area contributed by atoms with Crippen molar-refractivity contribution in [2.75, 3.05) is 11.4 Å². The van der Waals surface area contributed by atoms with Gasteiger partial charge in [-0.3, -0.25) is 0 Å². The van der Waals surface area contributed by atoms with Crippen LogP contribution in [0.5, 0.6) is 0 Å². The molecule has 1 saturated carbocycles. The molecule has 0 atom stereocenters. The first-order chi connectivity index (χ1) is 10.3. The Hall–Kier alpha value is -1.03. The van der Waals surface area contributed by atoms with Crippen molar-refractivity contribution in [3.8, 4) is 0 Å². The van der Waals surface area contributed by atoms with E-state index in [-0.39, 0.29) is 0 Å². The van der Waals surface area contributed by atoms with Gasteiger partial charge in [-0.05, 0) is 53.9 Å². The molecule has 0 aliphatic heterocycles. The fraction of sp³-hybridized carbons (Fsp3) is 0.412. The summed E-state index contributed by atoms with van der Waals surface area (Å²) in [5.74, 6) is 0. The van der Waals surface area contributed by atoms with Crippen molar-refractivity contribution in [1.82, 2.24) is 5.32 Å². The van der Waals surface area contributed by atoms with E-state index in [1.165, 1.54) is 29.7 Å². The lowest BCUT2D eigenvalue weighted by Crippen LogP contribution is -2.27. The van der Waals surface area contributed by atoms with Crippen LogP contribution in [0, 0.1) is 0 Å². The highest BCUT2D eigenvalue weighted by molar-refractivity contribution is 7.07. The molecule has 1 aliphatic carbocycles. The monoisotopic (exact) mass is 320 g/mol. The van der Waals surface area contributed by atoms with E-state index in [1.54, 1.807) is 11.3 Å². The Kier molecular flexibility index (Phi) is 4.84. The van der Waals surface area contributed by atoms with Crippen molar-refractivity contribution in [1.29, 1.82) is 0 Å². The molecule has 4 heteroatoms. The number of benzene rings is 1. The molecular formula is C17H21ClN2S. The third-order valence-electron chi connectivity index (χ3n) is 3.88. The standard InChI is InChI=1S/C17H21ClN2S/c1-2-19-10-15-16(18)4-3-5-17(15)20(14-6-7-14)11-13-8-9-21-12-13/h3-5,8-9,12,14,19H,2,6-7,10-11H2,1H3. The SMILES string of the molecule is CCNCc1c(Cl)cccc1N(Cc1ccsc1)C1CC1. The first kappa shape index (κ1) is 14.9. The van der Waals surface area contributed by atoms with E-state index in [1.807, 2.05) is 6.07 Å². The Balaban J connectivity index is 1.89. The van der Waals surface area contributed by atoms with Gasteiger partial charge in [0.15, 0.2) is 0 Å². The zero-order valence-electron chi connectivity index (χ0n) is 12.3. The van der Waals surface area contributed by atoms with E-state index in [0.29, 0.717) is 6.04 Å². The number of nitrogens with one attached hydrogen (secondary N) is 1. The summed E-state index contributed by atoms with van der Waals surface area (Å²) in [6.07, 6.45) is 2.58. The Labute approximate surface area is 135 Å². The quantitative estimate of drug-likeness (QED) is 0.797. The molecular weight excluding hydrogens is 300 g/mol. The minimum atomic E-state index is 0.670. The molecule has 2 aromatic rings. The number of hydrogen-bond donors (Lipinski definition) is 1. The third-order valence-corrected chi connectivity index (χ3v) is 4.96. The van der Waals surface area contributed by atoms with E-state index in [0.717, 1.165) is 24.7 Å². The van der Waals surface area contributed by atoms with Crippen molar-refractivity contribution in [2.24, 2.45) is 0 Å². The largest absolute Gasteiger partial charge is 0.364 e. The predicted molar refractivity (Wildman–Crippen MR) is 92.4 cm³/mol. The maximum Gasteiger partial charge on any atom is 0.0471 e. The molecule has 0 radical (unpaired) electrons. The second-order valence-corrected chi connectivity index (χ2v) is 6.70. The predicted octanol–water partition coefficient (Wildman–Crippen LogP) is 4.68. The van der Waals surface area contributed by atoms with Gasteiger partial charge in [-0.15, -0.1) is 0 Å². The number of nitrogens with zero attached hydrogens (tertiary/aromatic N) is 1. The fourth-order valence-corrected chi connectivity index (χ4v) is 3.51. The Morgan fingerprint density at radius 3 is 2.86 bits per heavy atom. The number of hydrogen-bond acceptors (Lipinski definition) is 3. The van der Waals surface area contributed by atoms with Gasteiger partial charge in [0.25, 0.3) is 0 Å². The zero-order valence-corrected chi connectivity index (χ0v) is 13.9. The minimum absolute atomic E-state index is 0.670. The van der Waals surface area contributed by atoms with Crippen molar-refractivity contribution in [3.63, 3.8) is 0 Å². The fourth-order valence-electron chi connectivity index (χ4n) is 2.62. The molecule has 1 aromatic carbocycles. The summed E-state index contributed by atoms with van der Waals surface area (Å²) < 4.78 is 0. The van der Waals surface area contributed by atoms with Crippen LogP contribution in [0.1, 0.15) is 30.9 Å². The second kappa shape index (κ2) is 6.82. The van der Waals surface area contributed by atoms with Gasteiger partial charge in [-0.1, -0.05) is 24.6 Å². The Bertz CT molecular complexity index is 578. The van der Waals surface area contributed by atoms with Crippen LogP contribution in [0.4, 0.5) is 5.69 Å². The summed E-state index contributed by atoms with van der Waals surface area (Å²) in [7, 11) is 0. The molecule has 1 aliphatic rings. The smallest absolute Gasteiger partial charge is 0.0471 e. The van der Waals surface area contributed by atoms with Gasteiger partial charge in [0.1, 0.15) is 0 Å². The van der Waals surface area contributed by atoms with Gasteiger partial charge in [0, 0.05) is 35.4 Å². The molecule has 0 unspecified atom stereocenters. The van der Waals surface area contributed by atoms with E-state index in [2.05, 4.69) is 46.1 Å². The highest BCUT2D eigenvalue weighted by Crippen LogP contribution is 2.37. The van der Waals surface area contributed by atoms with Gasteiger partial charge >= 0.3 is 0 Å². The second-order valence-electron chi connectivity index (χ2n) is 5.51. The first-order valence-electron chi connectivity index (χ1n) is 7.55. The van der Waals surface area contributed by atoms with Crippen molar-refractivity contribution >= 4 is 28.6 Å². The summed E-state index contributed by atoms with van der Waals surface area (Å²) in [6.45, 7) is 4.89. The first-order valence-corrected chi connectivity index (χ1v) is 8.87. The summed E-state index contributed by atoms with van der Waals surface area (Å²) in [5, 5.41) is 8.67. The van der Waals surface area contributed by atoms with Crippen LogP contribution in [0.2, 0.25) is 5.02 Å². The lowest BCUT2D eigenvalue weighted by molar-refractivity contribution is 0.715. The highest BCUT2D eigenvalue weighted by Gasteiger charge is 2.30. The van der Waals surface area contributed by atoms with E-state index in [4.69, 9.17) is 11.6 Å². The van der Waals surface area contributed by atoms with E-state index < -0.39 is 0 Å². The van der Waals surface area contributed by atoms with Crippen LogP contribution < -0.4 is 10.2 Å². The molecule has 21 heavy (non-hydrogen) atoms. The van der Waals surface area contributed by atoms with E-state index >= 15 is 0 Å². The van der Waals surface area contributed by atoms with Crippen molar-refractivity contribution in [2.45, 2.75) is 38.9 Å². The Morgan fingerprint density at radius 2 is 2.19 bits per heavy atom. The number of thiophene rings is 1. The highest BCUT2D eigenvalue weighted by atomic mass is 35.5. The van der Waals surface area contributed by atoms with Crippen LogP contribution in [-0.2, 0) is 13.1 Å². The van der Waals surface area contributed by atoms with Gasteiger partial charge in [-0.25, -0.2) is 0 Å². The molecule has 1 fully saturated rings. The molecule has 1 aromatic heterocycles. The minimum Gasteiger partial charge on any atom is -0.364 e. The maximum absolute atomic E-state index is 6.45. The third kappa shape index (κ3) is 3.60. The molecule has 1 N–H and O–H groups in total. The van der Waals surface area contributed by atoms with Gasteiger partial charge in [0.2, 0.25) is 0 Å². The Morgan fingerprint density at radius 1 is 1.33 bits per heavy atom. The normalized spacial score (nSPS) is 14.4. The molecule has 0 spiro atoms.